The monoisotopic (exact) mass is 190 g/mol. The Bertz CT molecular complexity index is 166. The topological polar surface area (TPSA) is 27.7 Å². The third-order valence-corrected chi connectivity index (χ3v) is 3.15. The highest BCUT2D eigenvalue weighted by atomic mass is 32.2. The smallest absolute Gasteiger partial charge is 0.163 e. The number of hydrogen-bond donors (Lipinski definition) is 0. The van der Waals surface area contributed by atoms with Gasteiger partial charge in [0.05, 0.1) is 13.2 Å². The van der Waals surface area contributed by atoms with Gasteiger partial charge in [-0.15, -0.1) is 11.8 Å². The fourth-order valence-corrected chi connectivity index (χ4v) is 2.41. The van der Waals surface area contributed by atoms with Gasteiger partial charge >= 0.3 is 0 Å². The Morgan fingerprint density at radius 2 is 2.25 bits per heavy atom. The number of hydrogen-bond acceptors (Lipinski definition) is 4. The SMILES string of the molecule is CC1(C)OC[C@H](C2OCCS2)O1. The molecule has 0 aromatic rings. The molecule has 0 bridgehead atoms. The van der Waals surface area contributed by atoms with E-state index in [1.54, 1.807) is 0 Å². The minimum atomic E-state index is -0.419. The fraction of sp³-hybridized carbons (Fsp3) is 1.00. The lowest BCUT2D eigenvalue weighted by Gasteiger charge is -2.19. The van der Waals surface area contributed by atoms with Crippen LogP contribution in [0.25, 0.3) is 0 Å². The Kier molecular flexibility index (Phi) is 2.33. The van der Waals surface area contributed by atoms with Crippen molar-refractivity contribution >= 4 is 11.8 Å². The highest BCUT2D eigenvalue weighted by molar-refractivity contribution is 8.00. The predicted molar refractivity (Wildman–Crippen MR) is 47.1 cm³/mol. The van der Waals surface area contributed by atoms with Crippen LogP contribution >= 0.6 is 11.8 Å². The number of thioether (sulfide) groups is 1. The van der Waals surface area contributed by atoms with Crippen LogP contribution in [0, 0.1) is 0 Å². The Hall–Kier alpha value is 0.230. The van der Waals surface area contributed by atoms with Gasteiger partial charge in [-0.05, 0) is 13.8 Å². The van der Waals surface area contributed by atoms with Crippen LogP contribution in [0.1, 0.15) is 13.8 Å². The second-order valence-electron chi connectivity index (χ2n) is 3.48. The molecule has 0 amide bonds. The molecule has 0 saturated carbocycles. The summed E-state index contributed by atoms with van der Waals surface area (Å²) in [6.45, 7) is 5.37. The molecule has 2 atom stereocenters. The van der Waals surface area contributed by atoms with Crippen LogP contribution in [0.4, 0.5) is 0 Å². The molecule has 2 rings (SSSR count). The zero-order chi connectivity index (χ0) is 8.60. The lowest BCUT2D eigenvalue weighted by molar-refractivity contribution is -0.146. The van der Waals surface area contributed by atoms with Crippen LogP contribution in [0.15, 0.2) is 0 Å². The fourth-order valence-electron chi connectivity index (χ4n) is 1.44. The van der Waals surface area contributed by atoms with Crippen LogP contribution < -0.4 is 0 Å². The second kappa shape index (κ2) is 3.18. The van der Waals surface area contributed by atoms with Crippen molar-refractivity contribution in [3.8, 4) is 0 Å². The number of ether oxygens (including phenoxy) is 3. The van der Waals surface area contributed by atoms with Crippen molar-refractivity contribution in [3.63, 3.8) is 0 Å². The summed E-state index contributed by atoms with van der Waals surface area (Å²) >= 11 is 1.81. The first-order chi connectivity index (χ1) is 5.67. The quantitative estimate of drug-likeness (QED) is 0.621. The third kappa shape index (κ3) is 1.76. The van der Waals surface area contributed by atoms with E-state index in [2.05, 4.69) is 0 Å². The molecule has 4 heteroatoms. The van der Waals surface area contributed by atoms with E-state index in [1.807, 2.05) is 25.6 Å². The maximum Gasteiger partial charge on any atom is 0.163 e. The standard InChI is InChI=1S/C8H14O3S/c1-8(2)10-5-6(11-8)7-9-3-4-12-7/h6-7H,3-5H2,1-2H3/t6-,7?/m1/s1. The van der Waals surface area contributed by atoms with Gasteiger partial charge in [-0.3, -0.25) is 0 Å². The summed E-state index contributed by atoms with van der Waals surface area (Å²) in [5, 5.41) is 0. The van der Waals surface area contributed by atoms with Crippen molar-refractivity contribution in [2.24, 2.45) is 0 Å². The summed E-state index contributed by atoms with van der Waals surface area (Å²) in [5.74, 6) is 0.655. The van der Waals surface area contributed by atoms with Gasteiger partial charge in [-0.2, -0.15) is 0 Å². The van der Waals surface area contributed by atoms with Gasteiger partial charge in [-0.25, -0.2) is 0 Å². The van der Waals surface area contributed by atoms with Crippen molar-refractivity contribution in [1.82, 2.24) is 0 Å². The van der Waals surface area contributed by atoms with Gasteiger partial charge in [-0.1, -0.05) is 0 Å². The Morgan fingerprint density at radius 1 is 1.42 bits per heavy atom. The lowest BCUT2D eigenvalue weighted by Crippen LogP contribution is -2.28. The van der Waals surface area contributed by atoms with E-state index in [4.69, 9.17) is 14.2 Å². The molecule has 0 radical (unpaired) electrons. The molecule has 3 nitrogen and oxygen atoms in total. The molecule has 0 N–H and O–H groups in total. The predicted octanol–water partition coefficient (Wildman–Crippen LogP) is 1.23. The van der Waals surface area contributed by atoms with E-state index in [0.29, 0.717) is 6.61 Å². The summed E-state index contributed by atoms with van der Waals surface area (Å²) in [5.41, 5.74) is 0.187. The normalized spacial score (nSPS) is 40.5. The molecule has 2 aliphatic heterocycles. The van der Waals surface area contributed by atoms with Crippen molar-refractivity contribution in [1.29, 1.82) is 0 Å². The average Bonchev–Trinajstić information content (AvgIpc) is 2.55. The molecule has 0 aliphatic carbocycles. The van der Waals surface area contributed by atoms with E-state index < -0.39 is 5.79 Å². The first kappa shape index (κ1) is 8.81. The van der Waals surface area contributed by atoms with Gasteiger partial charge in [0.25, 0.3) is 0 Å². The summed E-state index contributed by atoms with van der Waals surface area (Å²) in [6.07, 6.45) is 0.118. The van der Waals surface area contributed by atoms with Crippen LogP contribution in [-0.2, 0) is 14.2 Å². The first-order valence-electron chi connectivity index (χ1n) is 4.22. The van der Waals surface area contributed by atoms with Crippen molar-refractivity contribution in [2.75, 3.05) is 19.0 Å². The summed E-state index contributed by atoms with van der Waals surface area (Å²) in [7, 11) is 0. The molecule has 12 heavy (non-hydrogen) atoms. The summed E-state index contributed by atoms with van der Waals surface area (Å²) < 4.78 is 16.6. The molecule has 0 spiro atoms. The Balaban J connectivity index is 1.90. The molecule has 2 fully saturated rings. The summed E-state index contributed by atoms with van der Waals surface area (Å²) in [6, 6.07) is 0. The zero-order valence-electron chi connectivity index (χ0n) is 7.41. The van der Waals surface area contributed by atoms with Crippen molar-refractivity contribution < 1.29 is 14.2 Å². The van der Waals surface area contributed by atoms with Crippen LogP contribution in [0.5, 0.6) is 0 Å². The molecule has 1 unspecified atom stereocenters. The molecule has 2 heterocycles. The van der Waals surface area contributed by atoms with Crippen LogP contribution in [0.3, 0.4) is 0 Å². The largest absolute Gasteiger partial charge is 0.364 e. The van der Waals surface area contributed by atoms with Crippen molar-refractivity contribution in [2.45, 2.75) is 31.2 Å². The Labute approximate surface area is 76.7 Å². The van der Waals surface area contributed by atoms with E-state index in [1.165, 1.54) is 0 Å². The van der Waals surface area contributed by atoms with Gasteiger partial charge in [0.2, 0.25) is 0 Å². The average molecular weight is 190 g/mol. The minimum Gasteiger partial charge on any atom is -0.364 e. The molecule has 0 aromatic carbocycles. The minimum absolute atomic E-state index is 0.118. The van der Waals surface area contributed by atoms with Crippen LogP contribution in [0.2, 0.25) is 0 Å². The van der Waals surface area contributed by atoms with Crippen LogP contribution in [-0.4, -0.2) is 36.3 Å². The lowest BCUT2D eigenvalue weighted by atomic mass is 10.4. The molecule has 2 saturated heterocycles. The maximum absolute atomic E-state index is 5.66. The Morgan fingerprint density at radius 3 is 2.75 bits per heavy atom. The van der Waals surface area contributed by atoms with E-state index >= 15 is 0 Å². The number of rotatable bonds is 1. The van der Waals surface area contributed by atoms with E-state index in [9.17, 15) is 0 Å². The van der Waals surface area contributed by atoms with Gasteiger partial charge in [0, 0.05) is 5.75 Å². The zero-order valence-corrected chi connectivity index (χ0v) is 8.23. The van der Waals surface area contributed by atoms with Crippen molar-refractivity contribution in [3.05, 3.63) is 0 Å². The maximum atomic E-state index is 5.66. The van der Waals surface area contributed by atoms with Gasteiger partial charge in [0.1, 0.15) is 11.5 Å². The molecular weight excluding hydrogens is 176 g/mol. The van der Waals surface area contributed by atoms with E-state index in [0.717, 1.165) is 12.4 Å². The highest BCUT2D eigenvalue weighted by Gasteiger charge is 2.39. The third-order valence-electron chi connectivity index (χ3n) is 1.98. The molecule has 2 aliphatic rings. The molecule has 70 valence electrons. The highest BCUT2D eigenvalue weighted by Crippen LogP contribution is 2.32. The summed E-state index contributed by atoms with van der Waals surface area (Å²) in [4.78, 5) is 0. The van der Waals surface area contributed by atoms with Gasteiger partial charge < -0.3 is 14.2 Å². The molecular formula is C8H14O3S. The van der Waals surface area contributed by atoms with E-state index in [-0.39, 0.29) is 11.5 Å². The van der Waals surface area contributed by atoms with Gasteiger partial charge in [0.15, 0.2) is 5.79 Å². The first-order valence-corrected chi connectivity index (χ1v) is 5.27. The second-order valence-corrected chi connectivity index (χ2v) is 4.68. The molecule has 0 aromatic heterocycles.